The second kappa shape index (κ2) is 9.13. The minimum Gasteiger partial charge on any atom is -0.507 e. The summed E-state index contributed by atoms with van der Waals surface area (Å²) in [5, 5.41) is 11.9. The lowest BCUT2D eigenvalue weighted by atomic mass is 9.95. The minimum atomic E-state index is -0.954. The number of ether oxygens (including phenoxy) is 1. The zero-order valence-electron chi connectivity index (χ0n) is 18.4. The number of fused-ring (bicyclic) bond motifs is 1. The van der Waals surface area contributed by atoms with Gasteiger partial charge >= 0.3 is 5.91 Å². The number of hydrogen-bond acceptors (Lipinski definition) is 6. The lowest BCUT2D eigenvalue weighted by Crippen LogP contribution is -2.29. The Morgan fingerprint density at radius 1 is 1.11 bits per heavy atom. The van der Waals surface area contributed by atoms with Crippen LogP contribution in [0, 0.1) is 5.82 Å². The highest BCUT2D eigenvalue weighted by molar-refractivity contribution is 7.22. The van der Waals surface area contributed by atoms with Gasteiger partial charge in [-0.3, -0.25) is 14.5 Å². The molecule has 1 atom stereocenters. The van der Waals surface area contributed by atoms with Gasteiger partial charge in [0.05, 0.1) is 28.4 Å². The number of halogens is 2. The van der Waals surface area contributed by atoms with Crippen LogP contribution in [0.5, 0.6) is 5.75 Å². The van der Waals surface area contributed by atoms with Gasteiger partial charge in [-0.1, -0.05) is 35.1 Å². The normalized spacial score (nSPS) is 17.3. The third-order valence-corrected chi connectivity index (χ3v) is 6.88. The number of nitrogens with zero attached hydrogens (tertiary/aromatic N) is 2. The van der Waals surface area contributed by atoms with Crippen LogP contribution >= 0.6 is 22.9 Å². The van der Waals surface area contributed by atoms with E-state index in [1.54, 1.807) is 36.4 Å². The van der Waals surface area contributed by atoms with E-state index < -0.39 is 29.3 Å². The predicted molar refractivity (Wildman–Crippen MR) is 133 cm³/mol. The van der Waals surface area contributed by atoms with E-state index in [1.807, 2.05) is 13.0 Å². The monoisotopic (exact) mass is 508 g/mol. The van der Waals surface area contributed by atoms with Gasteiger partial charge in [0.2, 0.25) is 0 Å². The molecule has 2 heterocycles. The maximum atomic E-state index is 13.5. The average Bonchev–Trinajstić information content (AvgIpc) is 3.38. The van der Waals surface area contributed by atoms with Crippen LogP contribution in [0.3, 0.4) is 0 Å². The standard InChI is InChI=1S/C26H18ClFN2O4S/c1-2-34-18-11-12-19-20(13-18)35-26(29-19)30-22(14-3-7-16(27)8-4-14)21(24(32)25(30)33)23(31)15-5-9-17(28)10-6-15/h3-13,22,31H,2H2,1H3/b23-21+/t22-/m0/s1. The Morgan fingerprint density at radius 3 is 2.51 bits per heavy atom. The Kier molecular flexibility index (Phi) is 6.00. The molecule has 9 heteroatoms. The molecule has 0 radical (unpaired) electrons. The topological polar surface area (TPSA) is 79.7 Å². The van der Waals surface area contributed by atoms with Crippen molar-refractivity contribution in [2.45, 2.75) is 13.0 Å². The van der Waals surface area contributed by atoms with Crippen molar-refractivity contribution in [3.8, 4) is 5.75 Å². The number of amides is 1. The first-order valence-corrected chi connectivity index (χ1v) is 11.9. The van der Waals surface area contributed by atoms with E-state index in [0.717, 1.165) is 4.70 Å². The van der Waals surface area contributed by atoms with Crippen LogP contribution in [-0.4, -0.2) is 28.4 Å². The van der Waals surface area contributed by atoms with Crippen molar-refractivity contribution in [2.75, 3.05) is 11.5 Å². The average molecular weight is 509 g/mol. The zero-order chi connectivity index (χ0) is 24.7. The van der Waals surface area contributed by atoms with E-state index in [2.05, 4.69) is 4.98 Å². The van der Waals surface area contributed by atoms with Crippen molar-refractivity contribution in [1.29, 1.82) is 0 Å². The number of aliphatic hydroxyl groups excluding tert-OH is 1. The first-order valence-electron chi connectivity index (χ1n) is 10.7. The Bertz CT molecular complexity index is 1480. The Morgan fingerprint density at radius 2 is 1.83 bits per heavy atom. The number of benzene rings is 3. The van der Waals surface area contributed by atoms with Crippen LogP contribution in [0.4, 0.5) is 9.52 Å². The molecule has 1 N–H and O–H groups in total. The third-order valence-electron chi connectivity index (χ3n) is 5.61. The molecule has 0 spiro atoms. The highest BCUT2D eigenvalue weighted by Crippen LogP contribution is 2.44. The number of rotatable bonds is 5. The zero-order valence-corrected chi connectivity index (χ0v) is 19.9. The van der Waals surface area contributed by atoms with Gasteiger partial charge in [-0.25, -0.2) is 9.37 Å². The Labute approximate surface area is 208 Å². The van der Waals surface area contributed by atoms with E-state index in [-0.39, 0.29) is 11.1 Å². The Hall–Kier alpha value is -3.75. The molecule has 5 rings (SSSR count). The van der Waals surface area contributed by atoms with Gasteiger partial charge in [0, 0.05) is 10.6 Å². The molecule has 1 amide bonds. The highest BCUT2D eigenvalue weighted by Gasteiger charge is 2.48. The van der Waals surface area contributed by atoms with Crippen molar-refractivity contribution in [2.24, 2.45) is 0 Å². The number of ketones is 1. The first-order chi connectivity index (χ1) is 16.9. The van der Waals surface area contributed by atoms with Crippen molar-refractivity contribution >= 4 is 55.7 Å². The SMILES string of the molecule is CCOc1ccc2nc(N3C(=O)C(=O)/C(=C(/O)c4ccc(F)cc4)[C@@H]3c3ccc(Cl)cc3)sc2c1. The number of carbonyl (C=O) groups excluding carboxylic acids is 2. The summed E-state index contributed by atoms with van der Waals surface area (Å²) in [5.74, 6) is -1.90. The summed E-state index contributed by atoms with van der Waals surface area (Å²) in [4.78, 5) is 32.4. The molecule has 1 fully saturated rings. The van der Waals surface area contributed by atoms with Crippen LogP contribution in [0.25, 0.3) is 16.0 Å². The maximum Gasteiger partial charge on any atom is 0.301 e. The number of carbonyl (C=O) groups is 2. The fourth-order valence-electron chi connectivity index (χ4n) is 4.01. The van der Waals surface area contributed by atoms with E-state index >= 15 is 0 Å². The Balaban J connectivity index is 1.69. The number of Topliss-reactive ketones (excluding diaryl/α,β-unsaturated/α-hetero) is 1. The summed E-state index contributed by atoms with van der Waals surface area (Å²) in [6.45, 7) is 2.39. The third kappa shape index (κ3) is 4.15. The van der Waals surface area contributed by atoms with Gasteiger partial charge < -0.3 is 9.84 Å². The summed E-state index contributed by atoms with van der Waals surface area (Å²) in [7, 11) is 0. The molecule has 176 valence electrons. The molecular formula is C26H18ClFN2O4S. The summed E-state index contributed by atoms with van der Waals surface area (Å²) < 4.78 is 19.8. The van der Waals surface area contributed by atoms with Gasteiger partial charge in [-0.05, 0) is 67.1 Å². The second-order valence-electron chi connectivity index (χ2n) is 7.79. The van der Waals surface area contributed by atoms with E-state index in [0.29, 0.717) is 33.6 Å². The largest absolute Gasteiger partial charge is 0.507 e. The second-order valence-corrected chi connectivity index (χ2v) is 9.23. The maximum absolute atomic E-state index is 13.5. The molecule has 0 bridgehead atoms. The van der Waals surface area contributed by atoms with Crippen LogP contribution in [0.15, 0.2) is 72.3 Å². The lowest BCUT2D eigenvalue weighted by molar-refractivity contribution is -0.132. The van der Waals surface area contributed by atoms with Gasteiger partial charge in [0.1, 0.15) is 17.3 Å². The van der Waals surface area contributed by atoms with E-state index in [1.165, 1.54) is 40.5 Å². The number of hydrogen-bond donors (Lipinski definition) is 1. The molecule has 0 unspecified atom stereocenters. The van der Waals surface area contributed by atoms with Crippen molar-refractivity contribution in [3.05, 3.63) is 94.3 Å². The molecule has 1 aliphatic rings. The van der Waals surface area contributed by atoms with Crippen molar-refractivity contribution < 1.29 is 23.8 Å². The minimum absolute atomic E-state index is 0.113. The van der Waals surface area contributed by atoms with Gasteiger partial charge in [-0.15, -0.1) is 0 Å². The smallest absolute Gasteiger partial charge is 0.301 e. The molecule has 0 aliphatic carbocycles. The molecule has 35 heavy (non-hydrogen) atoms. The molecule has 4 aromatic rings. The van der Waals surface area contributed by atoms with Gasteiger partial charge in [0.25, 0.3) is 5.78 Å². The van der Waals surface area contributed by atoms with Crippen molar-refractivity contribution in [3.63, 3.8) is 0 Å². The van der Waals surface area contributed by atoms with E-state index in [4.69, 9.17) is 16.3 Å². The fraction of sp³-hybridized carbons (Fsp3) is 0.115. The quantitative estimate of drug-likeness (QED) is 0.200. The molecular weight excluding hydrogens is 491 g/mol. The molecule has 3 aromatic carbocycles. The molecule has 1 aliphatic heterocycles. The van der Waals surface area contributed by atoms with E-state index in [9.17, 15) is 19.1 Å². The number of aliphatic hydroxyl groups is 1. The lowest BCUT2D eigenvalue weighted by Gasteiger charge is -2.23. The predicted octanol–water partition coefficient (Wildman–Crippen LogP) is 6.11. The first kappa shape index (κ1) is 23.0. The molecule has 0 saturated carbocycles. The van der Waals surface area contributed by atoms with Gasteiger partial charge in [0.15, 0.2) is 5.13 Å². The fourth-order valence-corrected chi connectivity index (χ4v) is 5.15. The number of thiazole rings is 1. The van der Waals surface area contributed by atoms with Gasteiger partial charge in [-0.2, -0.15) is 0 Å². The number of aromatic nitrogens is 1. The van der Waals surface area contributed by atoms with Crippen LogP contribution in [0.2, 0.25) is 5.02 Å². The molecule has 1 saturated heterocycles. The van der Waals surface area contributed by atoms with Crippen LogP contribution in [-0.2, 0) is 9.59 Å². The van der Waals surface area contributed by atoms with Crippen LogP contribution < -0.4 is 9.64 Å². The number of anilines is 1. The highest BCUT2D eigenvalue weighted by atomic mass is 35.5. The summed E-state index contributed by atoms with van der Waals surface area (Å²) in [6, 6.07) is 16.1. The van der Waals surface area contributed by atoms with Crippen molar-refractivity contribution in [1.82, 2.24) is 4.98 Å². The summed E-state index contributed by atoms with van der Waals surface area (Å²) in [6.07, 6.45) is 0. The molecule has 1 aromatic heterocycles. The summed E-state index contributed by atoms with van der Waals surface area (Å²) >= 11 is 7.30. The molecule has 6 nitrogen and oxygen atoms in total. The summed E-state index contributed by atoms with van der Waals surface area (Å²) in [5.41, 5.74) is 1.31. The van der Waals surface area contributed by atoms with Crippen LogP contribution in [0.1, 0.15) is 24.1 Å².